The van der Waals surface area contributed by atoms with E-state index in [2.05, 4.69) is 22.7 Å². The quantitative estimate of drug-likeness (QED) is 0.442. The molecule has 6 rings (SSSR count). The lowest BCUT2D eigenvalue weighted by molar-refractivity contribution is -0.119. The minimum Gasteiger partial charge on any atom is -0.497 e. The third-order valence-corrected chi connectivity index (χ3v) is 9.15. The van der Waals surface area contributed by atoms with Crippen LogP contribution in [0.1, 0.15) is 49.7 Å². The molecule has 2 aromatic rings. The number of hydrazone groups is 1. The predicted molar refractivity (Wildman–Crippen MR) is 137 cm³/mol. The summed E-state index contributed by atoms with van der Waals surface area (Å²) in [5.41, 5.74) is 5.27. The lowest BCUT2D eigenvalue weighted by Crippen LogP contribution is -2.48. The molecule has 4 fully saturated rings. The number of rotatable bonds is 8. The Hall–Kier alpha value is -2.87. The summed E-state index contributed by atoms with van der Waals surface area (Å²) in [7, 11) is -2.06. The fourth-order valence-electron chi connectivity index (χ4n) is 6.88. The first-order valence-corrected chi connectivity index (χ1v) is 14.1. The lowest BCUT2D eigenvalue weighted by Gasteiger charge is -2.57. The lowest BCUT2D eigenvalue weighted by atomic mass is 9.48. The van der Waals surface area contributed by atoms with Crippen molar-refractivity contribution < 1.29 is 17.9 Å². The molecular formula is C27H33N3O4S. The molecule has 0 atom stereocenters. The molecule has 1 N–H and O–H groups in total. The monoisotopic (exact) mass is 495 g/mol. The molecule has 2 aromatic carbocycles. The van der Waals surface area contributed by atoms with Crippen molar-refractivity contribution in [2.45, 2.75) is 43.9 Å². The fourth-order valence-corrected chi connectivity index (χ4v) is 7.74. The number of hydrogen-bond donors (Lipinski definition) is 1. The van der Waals surface area contributed by atoms with Gasteiger partial charge in [0.15, 0.2) is 0 Å². The van der Waals surface area contributed by atoms with Crippen molar-refractivity contribution in [2.24, 2.45) is 22.9 Å². The first kappa shape index (κ1) is 23.9. The molecule has 0 aromatic heterocycles. The molecule has 4 aliphatic carbocycles. The second kappa shape index (κ2) is 9.30. The van der Waals surface area contributed by atoms with Crippen LogP contribution in [-0.4, -0.2) is 40.4 Å². The van der Waals surface area contributed by atoms with Crippen molar-refractivity contribution in [3.8, 4) is 5.75 Å². The summed E-state index contributed by atoms with van der Waals surface area (Å²) in [5.74, 6) is 2.75. The summed E-state index contributed by atoms with van der Waals surface area (Å²) < 4.78 is 31.3. The van der Waals surface area contributed by atoms with Crippen molar-refractivity contribution in [1.82, 2.24) is 5.43 Å². The maximum Gasteiger partial charge on any atom is 0.260 e. The van der Waals surface area contributed by atoms with Crippen LogP contribution in [0.2, 0.25) is 0 Å². The van der Waals surface area contributed by atoms with Gasteiger partial charge in [0.25, 0.3) is 5.91 Å². The van der Waals surface area contributed by atoms with Gasteiger partial charge in [-0.25, -0.2) is 13.8 Å². The molecule has 4 saturated carbocycles. The number of carbonyl (C=O) groups is 1. The number of sulfonamides is 1. The number of anilines is 1. The Kier molecular flexibility index (Phi) is 6.34. The molecule has 0 heterocycles. The number of amides is 1. The topological polar surface area (TPSA) is 88.1 Å². The molecule has 0 saturated heterocycles. The number of ether oxygens (including phenoxy) is 1. The van der Waals surface area contributed by atoms with E-state index < -0.39 is 15.9 Å². The van der Waals surface area contributed by atoms with Gasteiger partial charge in [-0.15, -0.1) is 0 Å². The van der Waals surface area contributed by atoms with Gasteiger partial charge < -0.3 is 4.74 Å². The van der Waals surface area contributed by atoms with Gasteiger partial charge in [0.05, 0.1) is 25.3 Å². The molecule has 186 valence electrons. The van der Waals surface area contributed by atoms with Crippen LogP contribution < -0.4 is 14.5 Å². The summed E-state index contributed by atoms with van der Waals surface area (Å²) in [6.45, 7) is -0.338. The Bertz CT molecular complexity index is 1170. The van der Waals surface area contributed by atoms with Crippen LogP contribution in [-0.2, 0) is 20.2 Å². The number of nitrogens with zero attached hydrogens (tertiary/aromatic N) is 2. The standard InChI is InChI=1S/C27H33N3O4S/c1-34-25-9-3-19(4-10-25)17-28-29-26(31)18-30(35(2,32)33)24-7-5-23(6-8-24)27-14-20-11-21(15-27)13-22(12-20)16-27/h3-10,17,20-22H,11-16,18H2,1-2H3,(H,29,31)/b28-17-. The zero-order chi connectivity index (χ0) is 24.6. The Balaban J connectivity index is 1.26. The molecule has 4 aliphatic rings. The van der Waals surface area contributed by atoms with E-state index in [0.717, 1.165) is 39.6 Å². The zero-order valence-electron chi connectivity index (χ0n) is 20.3. The minimum absolute atomic E-state index is 0.247. The number of methoxy groups -OCH3 is 1. The summed E-state index contributed by atoms with van der Waals surface area (Å²) >= 11 is 0. The summed E-state index contributed by atoms with van der Waals surface area (Å²) in [4.78, 5) is 12.5. The Morgan fingerprint density at radius 1 is 1.03 bits per heavy atom. The first-order valence-electron chi connectivity index (χ1n) is 12.3. The van der Waals surface area contributed by atoms with E-state index in [4.69, 9.17) is 4.74 Å². The average Bonchev–Trinajstić information content (AvgIpc) is 2.81. The average molecular weight is 496 g/mol. The van der Waals surface area contributed by atoms with E-state index in [0.29, 0.717) is 5.69 Å². The number of hydrogen-bond acceptors (Lipinski definition) is 5. The van der Waals surface area contributed by atoms with Gasteiger partial charge in [0.2, 0.25) is 10.0 Å². The minimum atomic E-state index is -3.65. The first-order chi connectivity index (χ1) is 16.7. The molecule has 1 amide bonds. The van der Waals surface area contributed by atoms with E-state index >= 15 is 0 Å². The van der Waals surface area contributed by atoms with Crippen LogP contribution >= 0.6 is 0 Å². The van der Waals surface area contributed by atoms with E-state index in [-0.39, 0.29) is 12.0 Å². The SMILES string of the molecule is COc1ccc(/C=N\NC(=O)CN(c2ccc(C34CC5CC(CC(C5)C3)C4)cc2)S(C)(=O)=O)cc1. The second-order valence-electron chi connectivity index (χ2n) is 10.6. The number of carbonyl (C=O) groups excluding carboxylic acids is 1. The molecule has 0 radical (unpaired) electrons. The molecular weight excluding hydrogens is 462 g/mol. The molecule has 4 bridgehead atoms. The molecule has 0 unspecified atom stereocenters. The van der Waals surface area contributed by atoms with E-state index in [1.54, 1.807) is 19.2 Å². The van der Waals surface area contributed by atoms with Crippen LogP contribution in [0.15, 0.2) is 53.6 Å². The third kappa shape index (κ3) is 5.08. The highest BCUT2D eigenvalue weighted by molar-refractivity contribution is 7.92. The van der Waals surface area contributed by atoms with E-state index in [1.807, 2.05) is 24.3 Å². The summed E-state index contributed by atoms with van der Waals surface area (Å²) in [6.07, 6.45) is 10.5. The van der Waals surface area contributed by atoms with Crippen molar-refractivity contribution >= 4 is 27.8 Å². The van der Waals surface area contributed by atoms with Crippen LogP contribution in [0.3, 0.4) is 0 Å². The zero-order valence-corrected chi connectivity index (χ0v) is 21.1. The predicted octanol–water partition coefficient (Wildman–Crippen LogP) is 4.08. The second-order valence-corrected chi connectivity index (χ2v) is 12.5. The third-order valence-electron chi connectivity index (χ3n) is 8.01. The molecule has 7 nitrogen and oxygen atoms in total. The molecule has 8 heteroatoms. The highest BCUT2D eigenvalue weighted by Crippen LogP contribution is 2.60. The molecule has 0 spiro atoms. The number of benzene rings is 2. The maximum absolute atomic E-state index is 12.5. The maximum atomic E-state index is 12.5. The van der Waals surface area contributed by atoms with Crippen molar-refractivity contribution in [1.29, 1.82) is 0 Å². The molecule has 35 heavy (non-hydrogen) atoms. The Morgan fingerprint density at radius 3 is 2.11 bits per heavy atom. The highest BCUT2D eigenvalue weighted by Gasteiger charge is 2.51. The van der Waals surface area contributed by atoms with Crippen LogP contribution in [0.25, 0.3) is 0 Å². The Labute approximate surface area is 207 Å². The van der Waals surface area contributed by atoms with Gasteiger partial charge in [0.1, 0.15) is 12.3 Å². The number of nitrogens with one attached hydrogen (secondary N) is 1. The van der Waals surface area contributed by atoms with E-state index in [1.165, 1.54) is 50.3 Å². The van der Waals surface area contributed by atoms with Crippen molar-refractivity contribution in [2.75, 3.05) is 24.2 Å². The fraction of sp³-hybridized carbons (Fsp3) is 0.481. The van der Waals surface area contributed by atoms with Crippen molar-refractivity contribution in [3.63, 3.8) is 0 Å². The van der Waals surface area contributed by atoms with E-state index in [9.17, 15) is 13.2 Å². The van der Waals surface area contributed by atoms with Crippen LogP contribution in [0.5, 0.6) is 5.75 Å². The largest absolute Gasteiger partial charge is 0.497 e. The summed E-state index contributed by atoms with van der Waals surface area (Å²) in [6, 6.07) is 15.1. The molecule has 0 aliphatic heterocycles. The van der Waals surface area contributed by atoms with Crippen LogP contribution in [0, 0.1) is 17.8 Å². The van der Waals surface area contributed by atoms with Gasteiger partial charge in [-0.05, 0) is 109 Å². The normalized spacial score (nSPS) is 27.2. The Morgan fingerprint density at radius 2 is 1.60 bits per heavy atom. The van der Waals surface area contributed by atoms with Gasteiger partial charge in [0, 0.05) is 0 Å². The smallest absolute Gasteiger partial charge is 0.260 e. The summed E-state index contributed by atoms with van der Waals surface area (Å²) in [5, 5.41) is 3.96. The van der Waals surface area contributed by atoms with Gasteiger partial charge in [-0.1, -0.05) is 12.1 Å². The van der Waals surface area contributed by atoms with Gasteiger partial charge >= 0.3 is 0 Å². The van der Waals surface area contributed by atoms with Crippen molar-refractivity contribution in [3.05, 3.63) is 59.7 Å². The van der Waals surface area contributed by atoms with Gasteiger partial charge in [-0.2, -0.15) is 5.10 Å². The van der Waals surface area contributed by atoms with Crippen LogP contribution in [0.4, 0.5) is 5.69 Å². The highest BCUT2D eigenvalue weighted by atomic mass is 32.2. The van der Waals surface area contributed by atoms with Gasteiger partial charge in [-0.3, -0.25) is 9.10 Å².